The predicted molar refractivity (Wildman–Crippen MR) is 62.5 cm³/mol. The van der Waals surface area contributed by atoms with Crippen molar-refractivity contribution >= 4 is 0 Å². The van der Waals surface area contributed by atoms with Gasteiger partial charge in [-0.3, -0.25) is 5.10 Å². The van der Waals surface area contributed by atoms with E-state index in [-0.39, 0.29) is 0 Å². The maximum absolute atomic E-state index is 5.16. The Bertz CT molecular complexity index is 477. The molecule has 0 amide bonds. The van der Waals surface area contributed by atoms with Crippen molar-refractivity contribution in [3.05, 3.63) is 30.1 Å². The maximum Gasteiger partial charge on any atom is 0.181 e. The first-order valence-electron chi connectivity index (χ1n) is 5.27. The number of aromatic nitrogens is 3. The molecule has 0 bridgehead atoms. The fourth-order valence-corrected chi connectivity index (χ4v) is 1.42. The van der Waals surface area contributed by atoms with Crippen LogP contribution in [0.3, 0.4) is 0 Å². The summed E-state index contributed by atoms with van der Waals surface area (Å²) in [5.41, 5.74) is 0.961. The minimum Gasteiger partial charge on any atom is -0.497 e. The van der Waals surface area contributed by atoms with Gasteiger partial charge in [0, 0.05) is 11.5 Å². The van der Waals surface area contributed by atoms with E-state index in [0.29, 0.717) is 11.7 Å². The molecule has 1 aromatic carbocycles. The van der Waals surface area contributed by atoms with Crippen molar-refractivity contribution in [3.63, 3.8) is 0 Å². The fourth-order valence-electron chi connectivity index (χ4n) is 1.42. The lowest BCUT2D eigenvalue weighted by Crippen LogP contribution is -1.89. The van der Waals surface area contributed by atoms with E-state index in [4.69, 9.17) is 4.74 Å². The molecule has 0 radical (unpaired) electrons. The molecule has 4 nitrogen and oxygen atoms in total. The Morgan fingerprint density at radius 3 is 2.75 bits per heavy atom. The van der Waals surface area contributed by atoms with Crippen molar-refractivity contribution in [2.24, 2.45) is 0 Å². The number of aromatic amines is 1. The SMILES string of the molecule is COc1cccc(-c2n[nH]c(C(C)C)n2)c1. The molecule has 0 unspecified atom stereocenters. The molecule has 16 heavy (non-hydrogen) atoms. The standard InChI is InChI=1S/C12H15N3O/c1-8(2)11-13-12(15-14-11)9-5-4-6-10(7-9)16-3/h4-8H,1-3H3,(H,13,14,15). The van der Waals surface area contributed by atoms with Gasteiger partial charge in [0.05, 0.1) is 7.11 Å². The maximum atomic E-state index is 5.16. The molecule has 0 aliphatic heterocycles. The van der Waals surface area contributed by atoms with Gasteiger partial charge in [-0.15, -0.1) is 0 Å². The zero-order valence-electron chi connectivity index (χ0n) is 9.69. The average molecular weight is 217 g/mol. The highest BCUT2D eigenvalue weighted by atomic mass is 16.5. The van der Waals surface area contributed by atoms with Crippen LogP contribution in [0.2, 0.25) is 0 Å². The van der Waals surface area contributed by atoms with E-state index in [2.05, 4.69) is 29.0 Å². The number of methoxy groups -OCH3 is 1. The first-order valence-corrected chi connectivity index (χ1v) is 5.27. The van der Waals surface area contributed by atoms with Crippen molar-refractivity contribution in [2.45, 2.75) is 19.8 Å². The van der Waals surface area contributed by atoms with E-state index < -0.39 is 0 Å². The molecule has 2 rings (SSSR count). The number of ether oxygens (including phenoxy) is 1. The third kappa shape index (κ3) is 2.05. The van der Waals surface area contributed by atoms with Crippen LogP contribution in [0, 0.1) is 0 Å². The van der Waals surface area contributed by atoms with Gasteiger partial charge in [0.1, 0.15) is 11.6 Å². The van der Waals surface area contributed by atoms with Gasteiger partial charge in [-0.05, 0) is 12.1 Å². The Balaban J connectivity index is 2.34. The monoisotopic (exact) mass is 217 g/mol. The molecule has 0 fully saturated rings. The van der Waals surface area contributed by atoms with E-state index in [1.54, 1.807) is 7.11 Å². The summed E-state index contributed by atoms with van der Waals surface area (Å²) in [5.74, 6) is 2.78. The number of nitrogens with one attached hydrogen (secondary N) is 1. The van der Waals surface area contributed by atoms with E-state index in [0.717, 1.165) is 17.1 Å². The highest BCUT2D eigenvalue weighted by Crippen LogP contribution is 2.21. The van der Waals surface area contributed by atoms with E-state index in [9.17, 15) is 0 Å². The van der Waals surface area contributed by atoms with E-state index in [1.165, 1.54) is 0 Å². The third-order valence-corrected chi connectivity index (χ3v) is 2.38. The minimum absolute atomic E-state index is 0.354. The average Bonchev–Trinajstić information content (AvgIpc) is 2.78. The van der Waals surface area contributed by atoms with Crippen molar-refractivity contribution in [1.82, 2.24) is 15.2 Å². The van der Waals surface area contributed by atoms with Crippen LogP contribution in [-0.2, 0) is 0 Å². The van der Waals surface area contributed by atoms with Crippen molar-refractivity contribution in [2.75, 3.05) is 7.11 Å². The summed E-state index contributed by atoms with van der Waals surface area (Å²) in [4.78, 5) is 4.43. The van der Waals surface area contributed by atoms with Crippen LogP contribution in [0.5, 0.6) is 5.75 Å². The molecule has 0 atom stereocenters. The van der Waals surface area contributed by atoms with Crippen LogP contribution in [0.15, 0.2) is 24.3 Å². The molecule has 84 valence electrons. The van der Waals surface area contributed by atoms with Crippen LogP contribution >= 0.6 is 0 Å². The second kappa shape index (κ2) is 4.35. The lowest BCUT2D eigenvalue weighted by Gasteiger charge is -2.00. The normalized spacial score (nSPS) is 10.8. The lowest BCUT2D eigenvalue weighted by molar-refractivity contribution is 0.415. The van der Waals surface area contributed by atoms with Crippen LogP contribution in [0.4, 0.5) is 0 Å². The van der Waals surface area contributed by atoms with E-state index >= 15 is 0 Å². The Hall–Kier alpha value is -1.84. The summed E-state index contributed by atoms with van der Waals surface area (Å²) in [5, 5.41) is 7.13. The second-order valence-corrected chi connectivity index (χ2v) is 3.93. The molecule has 0 saturated carbocycles. The van der Waals surface area contributed by atoms with Gasteiger partial charge < -0.3 is 4.74 Å². The summed E-state index contributed by atoms with van der Waals surface area (Å²) in [6, 6.07) is 7.72. The molecule has 1 N–H and O–H groups in total. The Kier molecular flexibility index (Phi) is 2.90. The topological polar surface area (TPSA) is 50.8 Å². The zero-order chi connectivity index (χ0) is 11.5. The quantitative estimate of drug-likeness (QED) is 0.859. The summed E-state index contributed by atoms with van der Waals surface area (Å²) in [6.07, 6.45) is 0. The molecule has 0 spiro atoms. The number of H-pyrrole nitrogens is 1. The predicted octanol–water partition coefficient (Wildman–Crippen LogP) is 2.60. The second-order valence-electron chi connectivity index (χ2n) is 3.93. The molecule has 1 heterocycles. The lowest BCUT2D eigenvalue weighted by atomic mass is 10.2. The summed E-state index contributed by atoms with van der Waals surface area (Å²) >= 11 is 0. The smallest absolute Gasteiger partial charge is 0.181 e. The van der Waals surface area contributed by atoms with Crippen LogP contribution in [-0.4, -0.2) is 22.3 Å². The van der Waals surface area contributed by atoms with Gasteiger partial charge >= 0.3 is 0 Å². The summed E-state index contributed by atoms with van der Waals surface area (Å²) in [6.45, 7) is 4.16. The van der Waals surface area contributed by atoms with Gasteiger partial charge in [0.15, 0.2) is 5.82 Å². The van der Waals surface area contributed by atoms with Gasteiger partial charge in [0.2, 0.25) is 0 Å². The Morgan fingerprint density at radius 2 is 2.12 bits per heavy atom. The largest absolute Gasteiger partial charge is 0.497 e. The van der Waals surface area contributed by atoms with Crippen LogP contribution in [0.1, 0.15) is 25.6 Å². The molecular formula is C12H15N3O. The molecule has 4 heteroatoms. The van der Waals surface area contributed by atoms with Gasteiger partial charge in [0.25, 0.3) is 0 Å². The summed E-state index contributed by atoms with van der Waals surface area (Å²) < 4.78 is 5.16. The number of nitrogens with zero attached hydrogens (tertiary/aromatic N) is 2. The van der Waals surface area contributed by atoms with E-state index in [1.807, 2.05) is 24.3 Å². The minimum atomic E-state index is 0.354. The first kappa shape index (κ1) is 10.7. The van der Waals surface area contributed by atoms with Crippen LogP contribution in [0.25, 0.3) is 11.4 Å². The van der Waals surface area contributed by atoms with Crippen LogP contribution < -0.4 is 4.74 Å². The molecule has 2 aromatic rings. The number of hydrogen-bond donors (Lipinski definition) is 1. The molecule has 0 aliphatic rings. The van der Waals surface area contributed by atoms with Crippen molar-refractivity contribution in [3.8, 4) is 17.1 Å². The van der Waals surface area contributed by atoms with Gasteiger partial charge in [-0.1, -0.05) is 26.0 Å². The van der Waals surface area contributed by atoms with Gasteiger partial charge in [-0.25, -0.2) is 4.98 Å². The van der Waals surface area contributed by atoms with Crippen molar-refractivity contribution < 1.29 is 4.74 Å². The number of hydrogen-bond acceptors (Lipinski definition) is 3. The molecular weight excluding hydrogens is 202 g/mol. The highest BCUT2D eigenvalue weighted by Gasteiger charge is 2.08. The number of rotatable bonds is 3. The Labute approximate surface area is 94.7 Å². The summed E-state index contributed by atoms with van der Waals surface area (Å²) in [7, 11) is 1.65. The molecule has 0 aliphatic carbocycles. The Morgan fingerprint density at radius 1 is 1.31 bits per heavy atom. The highest BCUT2D eigenvalue weighted by molar-refractivity contribution is 5.57. The third-order valence-electron chi connectivity index (χ3n) is 2.38. The molecule has 0 saturated heterocycles. The first-order chi connectivity index (χ1) is 7.70. The van der Waals surface area contributed by atoms with Gasteiger partial charge in [-0.2, -0.15) is 5.10 Å². The fraction of sp³-hybridized carbons (Fsp3) is 0.333. The number of benzene rings is 1. The zero-order valence-corrected chi connectivity index (χ0v) is 9.69. The molecule has 1 aromatic heterocycles. The van der Waals surface area contributed by atoms with Crippen molar-refractivity contribution in [1.29, 1.82) is 0 Å².